The third-order valence-corrected chi connectivity index (χ3v) is 3.89. The minimum Gasteiger partial charge on any atom is -0.490 e. The average Bonchev–Trinajstić information content (AvgIpc) is 3.23. The van der Waals surface area contributed by atoms with Gasteiger partial charge in [0, 0.05) is 12.5 Å². The Balaban J connectivity index is 1.94. The summed E-state index contributed by atoms with van der Waals surface area (Å²) in [5.41, 5.74) is 5.56. The Labute approximate surface area is 118 Å². The molecule has 2 aliphatic rings. The van der Waals surface area contributed by atoms with Crippen LogP contribution in [0.15, 0.2) is 18.2 Å². The fourth-order valence-electron chi connectivity index (χ4n) is 2.41. The first-order valence-electron chi connectivity index (χ1n) is 7.07. The van der Waals surface area contributed by atoms with Gasteiger partial charge in [-0.3, -0.25) is 10.1 Å². The zero-order chi connectivity index (χ0) is 14.2. The predicted molar refractivity (Wildman–Crippen MR) is 74.8 cm³/mol. The molecular formula is C15H20N2O3. The van der Waals surface area contributed by atoms with E-state index >= 15 is 0 Å². The van der Waals surface area contributed by atoms with Gasteiger partial charge in [-0.1, -0.05) is 6.07 Å². The third-order valence-electron chi connectivity index (χ3n) is 3.89. The molecule has 1 atom stereocenters. The van der Waals surface area contributed by atoms with Crippen molar-refractivity contribution in [3.8, 4) is 11.5 Å². The maximum atomic E-state index is 11.9. The van der Waals surface area contributed by atoms with Crippen molar-refractivity contribution in [3.63, 3.8) is 0 Å². The smallest absolute Gasteiger partial charge is 0.242 e. The quantitative estimate of drug-likeness (QED) is 0.869. The van der Waals surface area contributed by atoms with E-state index in [9.17, 15) is 4.79 Å². The van der Waals surface area contributed by atoms with Gasteiger partial charge in [-0.05, 0) is 37.5 Å². The summed E-state index contributed by atoms with van der Waals surface area (Å²) in [5, 5.41) is 3.33. The van der Waals surface area contributed by atoms with Crippen molar-refractivity contribution < 1.29 is 14.3 Å². The van der Waals surface area contributed by atoms with Crippen molar-refractivity contribution in [1.82, 2.24) is 5.32 Å². The fraction of sp³-hybridized carbons (Fsp3) is 0.533. The molecule has 1 fully saturated rings. The molecule has 0 saturated heterocycles. The zero-order valence-corrected chi connectivity index (χ0v) is 11.6. The van der Waals surface area contributed by atoms with E-state index in [1.54, 1.807) is 0 Å². The van der Waals surface area contributed by atoms with Gasteiger partial charge in [0.15, 0.2) is 11.5 Å². The second-order valence-corrected chi connectivity index (χ2v) is 5.62. The van der Waals surface area contributed by atoms with E-state index in [4.69, 9.17) is 15.2 Å². The van der Waals surface area contributed by atoms with E-state index < -0.39 is 5.54 Å². The fourth-order valence-corrected chi connectivity index (χ4v) is 2.41. The molecule has 20 heavy (non-hydrogen) atoms. The Morgan fingerprint density at radius 1 is 1.30 bits per heavy atom. The van der Waals surface area contributed by atoms with Gasteiger partial charge in [0.05, 0.1) is 13.2 Å². The SMILES string of the molecule is CC(NC1CC1)(C(N)=O)c1ccc2c(c1)OCCCO2. The van der Waals surface area contributed by atoms with Crippen molar-refractivity contribution in [1.29, 1.82) is 0 Å². The molecule has 0 bridgehead atoms. The zero-order valence-electron chi connectivity index (χ0n) is 11.6. The van der Waals surface area contributed by atoms with Gasteiger partial charge in [-0.25, -0.2) is 0 Å². The number of nitrogens with two attached hydrogens (primary N) is 1. The molecule has 5 heteroatoms. The maximum Gasteiger partial charge on any atom is 0.242 e. The first-order valence-corrected chi connectivity index (χ1v) is 7.07. The Kier molecular flexibility index (Phi) is 3.30. The van der Waals surface area contributed by atoms with Gasteiger partial charge in [0.25, 0.3) is 0 Å². The number of primary amides is 1. The highest BCUT2D eigenvalue weighted by molar-refractivity contribution is 5.86. The second-order valence-electron chi connectivity index (χ2n) is 5.62. The number of nitrogens with one attached hydrogen (secondary N) is 1. The van der Waals surface area contributed by atoms with Gasteiger partial charge in [-0.2, -0.15) is 0 Å². The van der Waals surface area contributed by atoms with Gasteiger partial charge < -0.3 is 15.2 Å². The van der Waals surface area contributed by atoms with Crippen LogP contribution in [0.1, 0.15) is 31.7 Å². The molecule has 1 aromatic carbocycles. The molecule has 0 radical (unpaired) electrons. The molecule has 5 nitrogen and oxygen atoms in total. The van der Waals surface area contributed by atoms with E-state index in [0.717, 1.165) is 30.6 Å². The molecule has 1 heterocycles. The molecule has 1 aliphatic heterocycles. The molecule has 1 amide bonds. The highest BCUT2D eigenvalue weighted by atomic mass is 16.5. The number of carbonyl (C=O) groups excluding carboxylic acids is 1. The lowest BCUT2D eigenvalue weighted by molar-refractivity contribution is -0.124. The second kappa shape index (κ2) is 4.98. The molecule has 1 aliphatic carbocycles. The largest absolute Gasteiger partial charge is 0.490 e. The first kappa shape index (κ1) is 13.2. The van der Waals surface area contributed by atoms with E-state index in [-0.39, 0.29) is 5.91 Å². The van der Waals surface area contributed by atoms with Crippen LogP contribution in [-0.2, 0) is 10.3 Å². The van der Waals surface area contributed by atoms with Crippen LogP contribution in [-0.4, -0.2) is 25.2 Å². The van der Waals surface area contributed by atoms with Gasteiger partial charge >= 0.3 is 0 Å². The number of hydrogen-bond donors (Lipinski definition) is 2. The number of amides is 1. The number of hydrogen-bond acceptors (Lipinski definition) is 4. The Hall–Kier alpha value is -1.75. The van der Waals surface area contributed by atoms with Crippen LogP contribution in [0.3, 0.4) is 0 Å². The Morgan fingerprint density at radius 3 is 2.65 bits per heavy atom. The van der Waals surface area contributed by atoms with Crippen molar-refractivity contribution in [2.45, 2.75) is 37.8 Å². The lowest BCUT2D eigenvalue weighted by Crippen LogP contribution is -2.51. The first-order chi connectivity index (χ1) is 9.59. The third kappa shape index (κ3) is 2.45. The van der Waals surface area contributed by atoms with E-state index in [0.29, 0.717) is 25.0 Å². The summed E-state index contributed by atoms with van der Waals surface area (Å²) in [6.07, 6.45) is 3.04. The highest BCUT2D eigenvalue weighted by Gasteiger charge is 2.39. The summed E-state index contributed by atoms with van der Waals surface area (Å²) >= 11 is 0. The number of rotatable bonds is 4. The monoisotopic (exact) mass is 276 g/mol. The number of fused-ring (bicyclic) bond motifs is 1. The van der Waals surface area contributed by atoms with E-state index in [1.165, 1.54) is 0 Å². The van der Waals surface area contributed by atoms with Gasteiger partial charge in [-0.15, -0.1) is 0 Å². The Morgan fingerprint density at radius 2 is 2.00 bits per heavy atom. The Bertz CT molecular complexity index is 528. The van der Waals surface area contributed by atoms with Crippen LogP contribution in [0.25, 0.3) is 0 Å². The lowest BCUT2D eigenvalue weighted by Gasteiger charge is -2.28. The number of carbonyl (C=O) groups is 1. The molecule has 3 rings (SSSR count). The molecule has 0 spiro atoms. The summed E-state index contributed by atoms with van der Waals surface area (Å²) in [6.45, 7) is 3.10. The van der Waals surface area contributed by atoms with E-state index in [2.05, 4.69) is 5.32 Å². The maximum absolute atomic E-state index is 11.9. The summed E-state index contributed by atoms with van der Waals surface area (Å²) in [4.78, 5) is 11.9. The molecule has 1 aromatic rings. The lowest BCUT2D eigenvalue weighted by atomic mass is 9.90. The van der Waals surface area contributed by atoms with E-state index in [1.807, 2.05) is 25.1 Å². The van der Waals surface area contributed by atoms with Gasteiger partial charge in [0.2, 0.25) is 5.91 Å². The van der Waals surface area contributed by atoms with Crippen LogP contribution in [0, 0.1) is 0 Å². The van der Waals surface area contributed by atoms with Gasteiger partial charge in [0.1, 0.15) is 5.54 Å². The normalized spacial score (nSPS) is 20.9. The average molecular weight is 276 g/mol. The van der Waals surface area contributed by atoms with Crippen LogP contribution < -0.4 is 20.5 Å². The minimum absolute atomic E-state index is 0.376. The van der Waals surface area contributed by atoms with Crippen molar-refractivity contribution in [2.75, 3.05) is 13.2 Å². The predicted octanol–water partition coefficient (Wildman–Crippen LogP) is 1.30. The van der Waals surface area contributed by atoms with Crippen molar-refractivity contribution in [3.05, 3.63) is 23.8 Å². The van der Waals surface area contributed by atoms with Crippen LogP contribution in [0.4, 0.5) is 0 Å². The molecule has 108 valence electrons. The molecule has 3 N–H and O–H groups in total. The van der Waals surface area contributed by atoms with Crippen LogP contribution in [0.5, 0.6) is 11.5 Å². The summed E-state index contributed by atoms with van der Waals surface area (Å²) in [7, 11) is 0. The summed E-state index contributed by atoms with van der Waals surface area (Å²) < 4.78 is 11.3. The van der Waals surface area contributed by atoms with Crippen molar-refractivity contribution in [2.24, 2.45) is 5.73 Å². The van der Waals surface area contributed by atoms with Crippen molar-refractivity contribution >= 4 is 5.91 Å². The topological polar surface area (TPSA) is 73.6 Å². The minimum atomic E-state index is -0.869. The van der Waals surface area contributed by atoms with Crippen LogP contribution in [0.2, 0.25) is 0 Å². The van der Waals surface area contributed by atoms with Crippen LogP contribution >= 0.6 is 0 Å². The summed E-state index contributed by atoms with van der Waals surface area (Å²) in [5.74, 6) is 1.04. The molecule has 0 aromatic heterocycles. The molecule has 1 saturated carbocycles. The molecule has 1 unspecified atom stereocenters. The number of benzene rings is 1. The summed E-state index contributed by atoms with van der Waals surface area (Å²) in [6, 6.07) is 5.98. The highest BCUT2D eigenvalue weighted by Crippen LogP contribution is 2.35. The molecular weight excluding hydrogens is 256 g/mol. The number of ether oxygens (including phenoxy) is 2. The standard InChI is InChI=1S/C15H20N2O3/c1-15(14(16)18,17-11-4-5-11)10-3-6-12-13(9-10)20-8-2-7-19-12/h3,6,9,11,17H,2,4-5,7-8H2,1H3,(H2,16,18).